The van der Waals surface area contributed by atoms with Gasteiger partial charge in [0, 0.05) is 29.8 Å². The number of hydrogen-bond donors (Lipinski definition) is 0. The van der Waals surface area contributed by atoms with Crippen LogP contribution in [-0.2, 0) is 16.5 Å². The van der Waals surface area contributed by atoms with Crippen LogP contribution in [0.5, 0.6) is 0 Å². The van der Waals surface area contributed by atoms with Gasteiger partial charge in [0.05, 0.1) is 37.0 Å². The van der Waals surface area contributed by atoms with Crippen molar-refractivity contribution >= 4 is 22.8 Å². The maximum atomic E-state index is 13.5. The summed E-state index contributed by atoms with van der Waals surface area (Å²) >= 11 is 0. The molecule has 38 heavy (non-hydrogen) atoms. The number of morpholine rings is 1. The molecule has 2 bridgehead atoms. The van der Waals surface area contributed by atoms with Gasteiger partial charge in [-0.1, -0.05) is 60.7 Å². The average molecular weight is 508 g/mol. The number of ether oxygens (including phenoxy) is 2. The molecule has 0 N–H and O–H groups in total. The molecule has 1 amide bonds. The van der Waals surface area contributed by atoms with Gasteiger partial charge in [-0.3, -0.25) is 14.4 Å². The molecule has 0 radical (unpaired) electrons. The number of nitrogens with zero attached hydrogens (tertiary/aromatic N) is 3. The number of carbonyl (C=O) groups excluding carboxylic acids is 2. The summed E-state index contributed by atoms with van der Waals surface area (Å²) in [6.45, 7) is 1.13. The van der Waals surface area contributed by atoms with Crippen LogP contribution in [0.2, 0.25) is 0 Å². The van der Waals surface area contributed by atoms with Gasteiger partial charge in [0.2, 0.25) is 0 Å². The molecule has 0 spiro atoms. The minimum Gasteiger partial charge on any atom is -0.448 e. The van der Waals surface area contributed by atoms with Crippen molar-refractivity contribution in [3.05, 3.63) is 89.6 Å². The van der Waals surface area contributed by atoms with E-state index in [2.05, 4.69) is 29.4 Å². The van der Waals surface area contributed by atoms with Crippen molar-refractivity contribution in [2.24, 2.45) is 13.0 Å². The molecule has 2 saturated heterocycles. The van der Waals surface area contributed by atoms with E-state index in [-0.39, 0.29) is 42.4 Å². The van der Waals surface area contributed by atoms with Crippen LogP contribution in [-0.4, -0.2) is 58.5 Å². The Morgan fingerprint density at radius 2 is 1.61 bits per heavy atom. The topological polar surface area (TPSA) is 73.7 Å². The van der Waals surface area contributed by atoms with Gasteiger partial charge in [0.25, 0.3) is 0 Å². The van der Waals surface area contributed by atoms with Gasteiger partial charge < -0.3 is 9.47 Å². The lowest BCUT2D eigenvalue weighted by Gasteiger charge is -2.47. The molecular formula is C31H29N3O4. The van der Waals surface area contributed by atoms with Gasteiger partial charge in [-0.15, -0.1) is 0 Å². The van der Waals surface area contributed by atoms with Gasteiger partial charge >= 0.3 is 6.09 Å². The summed E-state index contributed by atoms with van der Waals surface area (Å²) in [7, 11) is 1.88. The Balaban J connectivity index is 1.07. The van der Waals surface area contributed by atoms with Gasteiger partial charge in [0.1, 0.15) is 6.61 Å². The molecule has 3 heterocycles. The lowest BCUT2D eigenvalue weighted by atomic mass is 9.81. The quantitative estimate of drug-likeness (QED) is 0.356. The van der Waals surface area contributed by atoms with Crippen LogP contribution in [0.1, 0.15) is 40.2 Å². The Labute approximate surface area is 221 Å². The Morgan fingerprint density at radius 1 is 0.947 bits per heavy atom. The second kappa shape index (κ2) is 9.10. The van der Waals surface area contributed by atoms with E-state index in [4.69, 9.17) is 9.47 Å². The summed E-state index contributed by atoms with van der Waals surface area (Å²) in [5.74, 6) is -0.0159. The monoisotopic (exact) mass is 507 g/mol. The van der Waals surface area contributed by atoms with Crippen molar-refractivity contribution in [3.63, 3.8) is 0 Å². The van der Waals surface area contributed by atoms with Gasteiger partial charge in [0.15, 0.2) is 5.78 Å². The SMILES string of the molecule is Cn1ncc2ccc(C(=O)C3CC4COCC(C3)N4C(=O)OCC3c4ccccc4-c4ccccc43)cc21. The molecule has 2 fully saturated rings. The van der Waals surface area contributed by atoms with Crippen LogP contribution in [0.3, 0.4) is 0 Å². The summed E-state index contributed by atoms with van der Waals surface area (Å²) in [4.78, 5) is 28.8. The highest BCUT2D eigenvalue weighted by atomic mass is 16.6. The van der Waals surface area contributed by atoms with E-state index in [1.165, 1.54) is 22.3 Å². The molecule has 2 atom stereocenters. The average Bonchev–Trinajstić information content (AvgIpc) is 3.47. The predicted octanol–water partition coefficient (Wildman–Crippen LogP) is 5.18. The molecular weight excluding hydrogens is 478 g/mol. The maximum Gasteiger partial charge on any atom is 0.410 e. The van der Waals surface area contributed by atoms with E-state index in [0.717, 1.165) is 10.9 Å². The van der Waals surface area contributed by atoms with Crippen molar-refractivity contribution in [2.45, 2.75) is 30.8 Å². The minimum atomic E-state index is -0.313. The summed E-state index contributed by atoms with van der Waals surface area (Å²) in [6.07, 6.45) is 2.64. The number of aromatic nitrogens is 2. The number of fused-ring (bicyclic) bond motifs is 6. The fraction of sp³-hybridized carbons (Fsp3) is 0.323. The Hall–Kier alpha value is -3.97. The second-order valence-corrected chi connectivity index (χ2v) is 10.6. The van der Waals surface area contributed by atoms with E-state index in [1.807, 2.05) is 54.4 Å². The molecule has 192 valence electrons. The number of aryl methyl sites for hydroxylation is 1. The molecule has 4 aromatic rings. The van der Waals surface area contributed by atoms with Gasteiger partial charge in [-0.05, 0) is 41.2 Å². The summed E-state index contributed by atoms with van der Waals surface area (Å²) < 4.78 is 13.6. The number of benzene rings is 3. The van der Waals surface area contributed by atoms with E-state index in [9.17, 15) is 9.59 Å². The van der Waals surface area contributed by atoms with E-state index >= 15 is 0 Å². The van der Waals surface area contributed by atoms with E-state index < -0.39 is 0 Å². The first-order valence-corrected chi connectivity index (χ1v) is 13.3. The highest BCUT2D eigenvalue weighted by Crippen LogP contribution is 2.44. The summed E-state index contributed by atoms with van der Waals surface area (Å²) in [5, 5.41) is 5.30. The second-order valence-electron chi connectivity index (χ2n) is 10.6. The fourth-order valence-corrected chi connectivity index (χ4v) is 6.63. The number of ketones is 1. The molecule has 3 aromatic carbocycles. The maximum absolute atomic E-state index is 13.5. The van der Waals surface area contributed by atoms with Crippen LogP contribution < -0.4 is 0 Å². The first kappa shape index (κ1) is 23.2. The van der Waals surface area contributed by atoms with Crippen molar-refractivity contribution in [2.75, 3.05) is 19.8 Å². The fourth-order valence-electron chi connectivity index (χ4n) is 6.63. The third kappa shape index (κ3) is 3.72. The highest BCUT2D eigenvalue weighted by molar-refractivity contribution is 6.01. The third-order valence-corrected chi connectivity index (χ3v) is 8.47. The van der Waals surface area contributed by atoms with Crippen LogP contribution in [0.15, 0.2) is 72.9 Å². The molecule has 3 aliphatic rings. The standard InChI is InChI=1S/C31H29N3O4/c1-33-29-14-19(10-11-20(29)15-32-33)30(35)21-12-22-16-37-17-23(13-21)34(22)31(36)38-18-28-26-8-4-2-6-24(26)25-7-3-5-9-27(25)28/h2-11,14-15,21-23,28H,12-13,16-18H2,1H3. The predicted molar refractivity (Wildman–Crippen MR) is 143 cm³/mol. The van der Waals surface area contributed by atoms with Crippen molar-refractivity contribution in [1.82, 2.24) is 14.7 Å². The molecule has 1 aromatic heterocycles. The minimum absolute atomic E-state index is 0.0171. The number of Topliss-reactive ketones (excluding diaryl/α,β-unsaturated/α-hetero) is 1. The number of hydrogen-bond acceptors (Lipinski definition) is 5. The molecule has 7 rings (SSSR count). The number of carbonyl (C=O) groups is 2. The third-order valence-electron chi connectivity index (χ3n) is 8.47. The van der Waals surface area contributed by atoms with Crippen LogP contribution in [0.4, 0.5) is 4.79 Å². The molecule has 2 aliphatic heterocycles. The Bertz CT molecular complexity index is 1500. The van der Waals surface area contributed by atoms with Crippen molar-refractivity contribution in [1.29, 1.82) is 0 Å². The van der Waals surface area contributed by atoms with Crippen LogP contribution in [0.25, 0.3) is 22.0 Å². The first-order chi connectivity index (χ1) is 18.6. The van der Waals surface area contributed by atoms with Gasteiger partial charge in [-0.25, -0.2) is 4.79 Å². The number of piperidine rings is 1. The molecule has 2 unspecified atom stereocenters. The molecule has 7 nitrogen and oxygen atoms in total. The van der Waals surface area contributed by atoms with Gasteiger partial charge in [-0.2, -0.15) is 5.10 Å². The van der Waals surface area contributed by atoms with Crippen molar-refractivity contribution in [3.8, 4) is 11.1 Å². The number of amides is 1. The van der Waals surface area contributed by atoms with E-state index in [0.29, 0.717) is 31.6 Å². The zero-order valence-corrected chi connectivity index (χ0v) is 21.2. The largest absolute Gasteiger partial charge is 0.448 e. The Morgan fingerprint density at radius 3 is 2.29 bits per heavy atom. The first-order valence-electron chi connectivity index (χ1n) is 13.3. The zero-order chi connectivity index (χ0) is 25.8. The molecule has 7 heteroatoms. The lowest BCUT2D eigenvalue weighted by Crippen LogP contribution is -2.60. The molecule has 1 aliphatic carbocycles. The highest BCUT2D eigenvalue weighted by Gasteiger charge is 2.45. The van der Waals surface area contributed by atoms with Crippen LogP contribution >= 0.6 is 0 Å². The lowest BCUT2D eigenvalue weighted by molar-refractivity contribution is -0.0747. The summed E-state index contributed by atoms with van der Waals surface area (Å²) in [6, 6.07) is 22.1. The summed E-state index contributed by atoms with van der Waals surface area (Å²) in [5.41, 5.74) is 6.44. The zero-order valence-electron chi connectivity index (χ0n) is 21.2. The molecule has 0 saturated carbocycles. The number of rotatable bonds is 4. The smallest absolute Gasteiger partial charge is 0.410 e. The van der Waals surface area contributed by atoms with E-state index in [1.54, 1.807) is 10.9 Å². The van der Waals surface area contributed by atoms with Crippen LogP contribution in [0, 0.1) is 5.92 Å². The Kier molecular flexibility index (Phi) is 5.55. The van der Waals surface area contributed by atoms with Crippen molar-refractivity contribution < 1.29 is 19.1 Å². The normalized spacial score (nSPS) is 22.2.